The van der Waals surface area contributed by atoms with Gasteiger partial charge in [-0.2, -0.15) is 11.8 Å². The van der Waals surface area contributed by atoms with Crippen LogP contribution in [0.15, 0.2) is 0 Å². The SMILES string of the molecule is CCC(CC)(CNCC(O)COCC1CCCO1)SC. The lowest BCUT2D eigenvalue weighted by atomic mass is 10.0. The largest absolute Gasteiger partial charge is 0.389 e. The number of thioether (sulfide) groups is 1. The average molecular weight is 305 g/mol. The van der Waals surface area contributed by atoms with Gasteiger partial charge in [-0.05, 0) is 31.9 Å². The Kier molecular flexibility index (Phi) is 9.13. The van der Waals surface area contributed by atoms with E-state index in [1.54, 1.807) is 0 Å². The van der Waals surface area contributed by atoms with Crippen molar-refractivity contribution in [2.24, 2.45) is 0 Å². The second kappa shape index (κ2) is 10.0. The number of ether oxygens (including phenoxy) is 2. The van der Waals surface area contributed by atoms with Gasteiger partial charge < -0.3 is 19.9 Å². The lowest BCUT2D eigenvalue weighted by molar-refractivity contribution is -0.0164. The molecule has 2 N–H and O–H groups in total. The molecule has 2 unspecified atom stereocenters. The van der Waals surface area contributed by atoms with E-state index in [1.807, 2.05) is 11.8 Å². The summed E-state index contributed by atoms with van der Waals surface area (Å²) in [5.74, 6) is 0. The minimum Gasteiger partial charge on any atom is -0.389 e. The fourth-order valence-corrected chi connectivity index (χ4v) is 3.32. The summed E-state index contributed by atoms with van der Waals surface area (Å²) in [7, 11) is 0. The average Bonchev–Trinajstić information content (AvgIpc) is 2.97. The first-order valence-electron chi connectivity index (χ1n) is 7.79. The van der Waals surface area contributed by atoms with Crippen LogP contribution in [0.4, 0.5) is 0 Å². The normalized spacial score (nSPS) is 21.3. The number of hydrogen-bond acceptors (Lipinski definition) is 5. The summed E-state index contributed by atoms with van der Waals surface area (Å²) >= 11 is 1.91. The summed E-state index contributed by atoms with van der Waals surface area (Å²) in [6.45, 7) is 7.82. The molecule has 0 aromatic carbocycles. The van der Waals surface area contributed by atoms with Crippen LogP contribution in [0.2, 0.25) is 0 Å². The van der Waals surface area contributed by atoms with Crippen LogP contribution < -0.4 is 5.32 Å². The van der Waals surface area contributed by atoms with Gasteiger partial charge in [-0.3, -0.25) is 0 Å². The maximum Gasteiger partial charge on any atom is 0.0897 e. The standard InChI is InChI=1S/C15H31NO3S/c1-4-15(5-2,20-3)12-16-9-13(17)10-18-11-14-7-6-8-19-14/h13-14,16-17H,4-12H2,1-3H3. The zero-order chi connectivity index (χ0) is 14.8. The Morgan fingerprint density at radius 2 is 2.20 bits per heavy atom. The molecular weight excluding hydrogens is 274 g/mol. The van der Waals surface area contributed by atoms with Crippen molar-refractivity contribution in [2.75, 3.05) is 39.2 Å². The van der Waals surface area contributed by atoms with Gasteiger partial charge >= 0.3 is 0 Å². The molecule has 0 saturated carbocycles. The predicted molar refractivity (Wildman–Crippen MR) is 85.5 cm³/mol. The topological polar surface area (TPSA) is 50.7 Å². The molecule has 1 heterocycles. The third-order valence-corrected chi connectivity index (χ3v) is 5.77. The second-order valence-electron chi connectivity index (χ2n) is 5.55. The molecule has 0 amide bonds. The van der Waals surface area contributed by atoms with Gasteiger partial charge in [0, 0.05) is 24.4 Å². The molecule has 1 fully saturated rings. The first kappa shape index (κ1) is 18.2. The monoisotopic (exact) mass is 305 g/mol. The van der Waals surface area contributed by atoms with E-state index in [4.69, 9.17) is 9.47 Å². The molecule has 0 spiro atoms. The molecular formula is C15H31NO3S. The van der Waals surface area contributed by atoms with E-state index >= 15 is 0 Å². The Labute approximate surface area is 128 Å². The molecule has 0 aliphatic carbocycles. The Balaban J connectivity index is 2.08. The Hall–Kier alpha value is 0.190. The molecule has 0 aromatic rings. The van der Waals surface area contributed by atoms with Crippen LogP contribution in [0.25, 0.3) is 0 Å². The van der Waals surface area contributed by atoms with Crippen LogP contribution in [0.1, 0.15) is 39.5 Å². The lowest BCUT2D eigenvalue weighted by Crippen LogP contribution is -2.41. The van der Waals surface area contributed by atoms with Gasteiger partial charge in [-0.15, -0.1) is 0 Å². The molecule has 2 atom stereocenters. The molecule has 0 aromatic heterocycles. The summed E-state index contributed by atoms with van der Waals surface area (Å²) in [4.78, 5) is 0. The van der Waals surface area contributed by atoms with Gasteiger partial charge in [0.1, 0.15) is 0 Å². The molecule has 1 saturated heterocycles. The quantitative estimate of drug-likeness (QED) is 0.612. The van der Waals surface area contributed by atoms with Crippen molar-refractivity contribution in [1.29, 1.82) is 0 Å². The Bertz CT molecular complexity index is 235. The highest BCUT2D eigenvalue weighted by Gasteiger charge is 2.24. The van der Waals surface area contributed by atoms with Crippen molar-refractivity contribution in [3.8, 4) is 0 Å². The third kappa shape index (κ3) is 6.31. The van der Waals surface area contributed by atoms with E-state index in [2.05, 4.69) is 25.4 Å². The number of rotatable bonds is 11. The number of aliphatic hydroxyl groups excluding tert-OH is 1. The first-order chi connectivity index (χ1) is 9.65. The van der Waals surface area contributed by atoms with Crippen molar-refractivity contribution in [1.82, 2.24) is 5.32 Å². The molecule has 1 rings (SSSR count). The zero-order valence-corrected chi connectivity index (χ0v) is 14.0. The van der Waals surface area contributed by atoms with Gasteiger partial charge in [0.15, 0.2) is 0 Å². The van der Waals surface area contributed by atoms with Gasteiger partial charge in [0.05, 0.1) is 25.4 Å². The van der Waals surface area contributed by atoms with Crippen LogP contribution in [-0.2, 0) is 9.47 Å². The fourth-order valence-electron chi connectivity index (χ4n) is 2.50. The van der Waals surface area contributed by atoms with Crippen molar-refractivity contribution in [3.63, 3.8) is 0 Å². The van der Waals surface area contributed by atoms with E-state index in [0.717, 1.165) is 38.8 Å². The second-order valence-corrected chi connectivity index (χ2v) is 6.83. The molecule has 1 aliphatic rings. The third-order valence-electron chi connectivity index (χ3n) is 4.19. The summed E-state index contributed by atoms with van der Waals surface area (Å²) in [6.07, 6.45) is 6.45. The number of nitrogens with one attached hydrogen (secondary N) is 1. The molecule has 0 bridgehead atoms. The lowest BCUT2D eigenvalue weighted by Gasteiger charge is -2.30. The molecule has 20 heavy (non-hydrogen) atoms. The summed E-state index contributed by atoms with van der Waals surface area (Å²) < 4.78 is 11.3. The van der Waals surface area contributed by atoms with E-state index in [1.165, 1.54) is 0 Å². The summed E-state index contributed by atoms with van der Waals surface area (Å²) in [5.41, 5.74) is 0. The van der Waals surface area contributed by atoms with Crippen LogP contribution in [-0.4, -0.2) is 61.2 Å². The predicted octanol–water partition coefficient (Wildman–Crippen LogP) is 2.05. The molecule has 4 nitrogen and oxygen atoms in total. The van der Waals surface area contributed by atoms with Gasteiger partial charge in [-0.1, -0.05) is 13.8 Å². The number of aliphatic hydroxyl groups is 1. The highest BCUT2D eigenvalue weighted by Crippen LogP contribution is 2.29. The molecule has 1 aliphatic heterocycles. The van der Waals surface area contributed by atoms with Gasteiger partial charge in [0.25, 0.3) is 0 Å². The minimum atomic E-state index is -0.440. The van der Waals surface area contributed by atoms with E-state index in [-0.39, 0.29) is 10.9 Å². The van der Waals surface area contributed by atoms with Crippen LogP contribution in [0, 0.1) is 0 Å². The smallest absolute Gasteiger partial charge is 0.0897 e. The van der Waals surface area contributed by atoms with Crippen molar-refractivity contribution in [3.05, 3.63) is 0 Å². The van der Waals surface area contributed by atoms with Crippen molar-refractivity contribution < 1.29 is 14.6 Å². The fraction of sp³-hybridized carbons (Fsp3) is 1.00. The summed E-state index contributed by atoms with van der Waals surface area (Å²) in [5, 5.41) is 13.3. The van der Waals surface area contributed by atoms with Gasteiger partial charge in [0.2, 0.25) is 0 Å². The van der Waals surface area contributed by atoms with E-state index in [0.29, 0.717) is 19.8 Å². The molecule has 0 radical (unpaired) electrons. The van der Waals surface area contributed by atoms with E-state index < -0.39 is 6.10 Å². The maximum absolute atomic E-state index is 9.90. The van der Waals surface area contributed by atoms with E-state index in [9.17, 15) is 5.11 Å². The van der Waals surface area contributed by atoms with Gasteiger partial charge in [-0.25, -0.2) is 0 Å². The highest BCUT2D eigenvalue weighted by molar-refractivity contribution is 8.00. The van der Waals surface area contributed by atoms with Crippen LogP contribution in [0.5, 0.6) is 0 Å². The summed E-state index contributed by atoms with van der Waals surface area (Å²) in [6, 6.07) is 0. The number of hydrogen-bond donors (Lipinski definition) is 2. The highest BCUT2D eigenvalue weighted by atomic mass is 32.2. The molecule has 5 heteroatoms. The first-order valence-corrected chi connectivity index (χ1v) is 9.01. The molecule has 120 valence electrons. The van der Waals surface area contributed by atoms with Crippen LogP contribution in [0.3, 0.4) is 0 Å². The van der Waals surface area contributed by atoms with Crippen molar-refractivity contribution in [2.45, 2.75) is 56.5 Å². The van der Waals surface area contributed by atoms with Crippen LogP contribution >= 0.6 is 11.8 Å². The van der Waals surface area contributed by atoms with Crippen molar-refractivity contribution >= 4 is 11.8 Å². The Morgan fingerprint density at radius 1 is 1.45 bits per heavy atom. The minimum absolute atomic E-state index is 0.236. The zero-order valence-electron chi connectivity index (χ0n) is 13.2. The maximum atomic E-state index is 9.90. The Morgan fingerprint density at radius 3 is 2.75 bits per heavy atom.